The van der Waals surface area contributed by atoms with Crippen LogP contribution in [0.5, 0.6) is 0 Å². The van der Waals surface area contributed by atoms with E-state index in [0.29, 0.717) is 6.54 Å². The molecule has 0 atom stereocenters. The molecule has 1 heterocycles. The Bertz CT molecular complexity index is 436. The molecule has 0 aromatic carbocycles. The molecule has 92 valence electrons. The van der Waals surface area contributed by atoms with E-state index >= 15 is 0 Å². The Hall–Kier alpha value is -1.81. The predicted octanol–water partition coefficient (Wildman–Crippen LogP) is 1.37. The van der Waals surface area contributed by atoms with Crippen molar-refractivity contribution in [2.75, 3.05) is 25.0 Å². The summed E-state index contributed by atoms with van der Waals surface area (Å²) < 4.78 is 37.4. The van der Waals surface area contributed by atoms with Gasteiger partial charge in [0, 0.05) is 20.1 Å². The van der Waals surface area contributed by atoms with Crippen molar-refractivity contribution in [2.45, 2.75) is 6.18 Å². The summed E-state index contributed by atoms with van der Waals surface area (Å²) in [6.07, 6.45) is -4.52. The third-order valence-corrected chi connectivity index (χ3v) is 2.11. The van der Waals surface area contributed by atoms with Crippen molar-refractivity contribution in [3.8, 4) is 6.07 Å². The molecule has 1 rings (SSSR count). The molecule has 0 spiro atoms. The summed E-state index contributed by atoms with van der Waals surface area (Å²) in [4.78, 5) is 4.88. The molecule has 1 aromatic heterocycles. The zero-order chi connectivity index (χ0) is 13.1. The first kappa shape index (κ1) is 13.3. The van der Waals surface area contributed by atoms with Gasteiger partial charge in [-0.05, 0) is 12.1 Å². The lowest BCUT2D eigenvalue weighted by atomic mass is 10.2. The van der Waals surface area contributed by atoms with Gasteiger partial charge in [-0.3, -0.25) is 0 Å². The number of pyridine rings is 1. The van der Waals surface area contributed by atoms with Crippen LogP contribution < -0.4 is 10.6 Å². The lowest BCUT2D eigenvalue weighted by Gasteiger charge is -2.19. The van der Waals surface area contributed by atoms with Crippen molar-refractivity contribution in [3.05, 3.63) is 23.4 Å². The number of anilines is 1. The highest BCUT2D eigenvalue weighted by molar-refractivity contribution is 5.54. The molecule has 0 saturated carbocycles. The molecule has 0 aliphatic rings. The van der Waals surface area contributed by atoms with Gasteiger partial charge < -0.3 is 10.6 Å². The number of nitrogens with zero attached hydrogens (tertiary/aromatic N) is 3. The van der Waals surface area contributed by atoms with Crippen LogP contribution in [-0.4, -0.2) is 25.1 Å². The van der Waals surface area contributed by atoms with Crippen molar-refractivity contribution in [2.24, 2.45) is 5.73 Å². The van der Waals surface area contributed by atoms with Crippen LogP contribution in [0.1, 0.15) is 11.3 Å². The van der Waals surface area contributed by atoms with Crippen LogP contribution in [0, 0.1) is 11.3 Å². The first-order valence-electron chi connectivity index (χ1n) is 4.79. The average Bonchev–Trinajstić information content (AvgIpc) is 2.27. The van der Waals surface area contributed by atoms with Gasteiger partial charge in [-0.15, -0.1) is 0 Å². The van der Waals surface area contributed by atoms with Gasteiger partial charge in [0.1, 0.15) is 17.6 Å². The fraction of sp³-hybridized carbons (Fsp3) is 0.400. The highest BCUT2D eigenvalue weighted by Crippen LogP contribution is 2.30. The molecule has 17 heavy (non-hydrogen) atoms. The molecule has 7 heteroatoms. The standard InChI is InChI=1S/C10H11F3N4/c1-17(5-4-14)9-7(6-15)2-3-8(16-9)10(11,12)13/h2-3H,4-5,14H2,1H3. The first-order valence-corrected chi connectivity index (χ1v) is 4.79. The van der Waals surface area contributed by atoms with Crippen LogP contribution in [0.4, 0.5) is 19.0 Å². The van der Waals surface area contributed by atoms with Gasteiger partial charge in [0.05, 0.1) is 5.56 Å². The molecule has 0 unspecified atom stereocenters. The molecule has 4 nitrogen and oxygen atoms in total. The molecular weight excluding hydrogens is 233 g/mol. The van der Waals surface area contributed by atoms with E-state index in [0.717, 1.165) is 12.1 Å². The zero-order valence-electron chi connectivity index (χ0n) is 9.12. The quantitative estimate of drug-likeness (QED) is 0.872. The van der Waals surface area contributed by atoms with E-state index in [1.165, 1.54) is 11.9 Å². The molecule has 1 aromatic rings. The number of nitrogens with two attached hydrogens (primary N) is 1. The van der Waals surface area contributed by atoms with Crippen LogP contribution in [0.25, 0.3) is 0 Å². The monoisotopic (exact) mass is 244 g/mol. The normalized spacial score (nSPS) is 11.1. The maximum absolute atomic E-state index is 12.5. The second kappa shape index (κ2) is 5.01. The largest absolute Gasteiger partial charge is 0.433 e. The lowest BCUT2D eigenvalue weighted by Crippen LogP contribution is -2.27. The summed E-state index contributed by atoms with van der Waals surface area (Å²) in [5, 5.41) is 8.80. The molecular formula is C10H11F3N4. The van der Waals surface area contributed by atoms with Crippen LogP contribution >= 0.6 is 0 Å². The van der Waals surface area contributed by atoms with Crippen molar-refractivity contribution in [1.29, 1.82) is 5.26 Å². The van der Waals surface area contributed by atoms with E-state index in [-0.39, 0.29) is 17.9 Å². The van der Waals surface area contributed by atoms with Gasteiger partial charge in [-0.1, -0.05) is 0 Å². The first-order chi connectivity index (χ1) is 7.90. The van der Waals surface area contributed by atoms with E-state index in [1.807, 2.05) is 0 Å². The molecule has 0 fully saturated rings. The fourth-order valence-corrected chi connectivity index (χ4v) is 1.28. The predicted molar refractivity (Wildman–Crippen MR) is 56.3 cm³/mol. The Morgan fingerprint density at radius 1 is 1.47 bits per heavy atom. The molecule has 0 aliphatic carbocycles. The smallest absolute Gasteiger partial charge is 0.357 e. The maximum Gasteiger partial charge on any atom is 0.433 e. The minimum absolute atomic E-state index is 0.00669. The number of likely N-dealkylation sites (N-methyl/N-ethyl adjacent to an activating group) is 1. The Labute approximate surface area is 96.5 Å². The highest BCUT2D eigenvalue weighted by Gasteiger charge is 2.33. The topological polar surface area (TPSA) is 65.9 Å². The van der Waals surface area contributed by atoms with E-state index in [2.05, 4.69) is 4.98 Å². The number of halogens is 3. The summed E-state index contributed by atoms with van der Waals surface area (Å²) in [5.41, 5.74) is 4.38. The van der Waals surface area contributed by atoms with E-state index in [9.17, 15) is 13.2 Å². The Morgan fingerprint density at radius 3 is 2.59 bits per heavy atom. The van der Waals surface area contributed by atoms with Gasteiger partial charge in [0.15, 0.2) is 0 Å². The third-order valence-electron chi connectivity index (χ3n) is 2.11. The van der Waals surface area contributed by atoms with Crippen molar-refractivity contribution in [3.63, 3.8) is 0 Å². The second-order valence-corrected chi connectivity index (χ2v) is 3.39. The minimum atomic E-state index is -4.52. The SMILES string of the molecule is CN(CCN)c1nc(C(F)(F)F)ccc1C#N. The summed E-state index contributed by atoms with van der Waals surface area (Å²) in [5.74, 6) is -0.00669. The van der Waals surface area contributed by atoms with Crippen molar-refractivity contribution < 1.29 is 13.2 Å². The average molecular weight is 244 g/mol. The summed E-state index contributed by atoms with van der Waals surface area (Å²) in [6, 6.07) is 3.70. The van der Waals surface area contributed by atoms with E-state index in [1.54, 1.807) is 6.07 Å². The van der Waals surface area contributed by atoms with Gasteiger partial charge in [0.25, 0.3) is 0 Å². The third kappa shape index (κ3) is 3.07. The molecule has 0 aliphatic heterocycles. The van der Waals surface area contributed by atoms with Crippen molar-refractivity contribution in [1.82, 2.24) is 4.98 Å². The number of hydrogen-bond donors (Lipinski definition) is 1. The van der Waals surface area contributed by atoms with Gasteiger partial charge >= 0.3 is 6.18 Å². The molecule has 0 amide bonds. The summed E-state index contributed by atoms with van der Waals surface area (Å²) in [6.45, 7) is 0.586. The van der Waals surface area contributed by atoms with Gasteiger partial charge in [0.2, 0.25) is 0 Å². The maximum atomic E-state index is 12.5. The lowest BCUT2D eigenvalue weighted by molar-refractivity contribution is -0.141. The van der Waals surface area contributed by atoms with Crippen molar-refractivity contribution >= 4 is 5.82 Å². The second-order valence-electron chi connectivity index (χ2n) is 3.39. The Balaban J connectivity index is 3.21. The van der Waals surface area contributed by atoms with Crippen LogP contribution in [0.3, 0.4) is 0 Å². The number of nitriles is 1. The molecule has 0 bridgehead atoms. The molecule has 2 N–H and O–H groups in total. The van der Waals surface area contributed by atoms with Crippen LogP contribution in [0.2, 0.25) is 0 Å². The Morgan fingerprint density at radius 2 is 2.12 bits per heavy atom. The Kier molecular flexibility index (Phi) is 3.91. The number of hydrogen-bond acceptors (Lipinski definition) is 4. The minimum Gasteiger partial charge on any atom is -0.357 e. The van der Waals surface area contributed by atoms with Crippen LogP contribution in [-0.2, 0) is 6.18 Å². The van der Waals surface area contributed by atoms with Crippen LogP contribution in [0.15, 0.2) is 12.1 Å². The molecule has 0 radical (unpaired) electrons. The van der Waals surface area contributed by atoms with Gasteiger partial charge in [-0.2, -0.15) is 18.4 Å². The summed E-state index contributed by atoms with van der Waals surface area (Å²) in [7, 11) is 1.54. The fourth-order valence-electron chi connectivity index (χ4n) is 1.28. The highest BCUT2D eigenvalue weighted by atomic mass is 19.4. The van der Waals surface area contributed by atoms with E-state index in [4.69, 9.17) is 11.0 Å². The number of alkyl halides is 3. The van der Waals surface area contributed by atoms with E-state index < -0.39 is 11.9 Å². The van der Waals surface area contributed by atoms with Gasteiger partial charge in [-0.25, -0.2) is 4.98 Å². The number of rotatable bonds is 3. The molecule has 0 saturated heterocycles. The zero-order valence-corrected chi connectivity index (χ0v) is 9.12. The number of aromatic nitrogens is 1. The summed E-state index contributed by atoms with van der Waals surface area (Å²) >= 11 is 0.